The Morgan fingerprint density at radius 2 is 1.80 bits per heavy atom. The van der Waals surface area contributed by atoms with Crippen molar-refractivity contribution in [1.29, 1.82) is 0 Å². The second-order valence-corrected chi connectivity index (χ2v) is 9.47. The minimum Gasteiger partial charge on any atom is -0.484 e. The summed E-state index contributed by atoms with van der Waals surface area (Å²) < 4.78 is 13.1. The first-order valence-corrected chi connectivity index (χ1v) is 12.9. The lowest BCUT2D eigenvalue weighted by Gasteiger charge is -2.23. The summed E-state index contributed by atoms with van der Waals surface area (Å²) in [5.74, 6) is 0.633. The van der Waals surface area contributed by atoms with E-state index in [9.17, 15) is 15.0 Å². The van der Waals surface area contributed by atoms with Crippen molar-refractivity contribution in [1.82, 2.24) is 24.8 Å². The summed E-state index contributed by atoms with van der Waals surface area (Å²) in [6, 6.07) is 22.4. The lowest BCUT2D eigenvalue weighted by molar-refractivity contribution is -0.125. The summed E-state index contributed by atoms with van der Waals surface area (Å²) >= 11 is 0. The Hall–Kier alpha value is -4.58. The van der Waals surface area contributed by atoms with Crippen molar-refractivity contribution in [3.63, 3.8) is 0 Å². The molecule has 3 aromatic carbocycles. The van der Waals surface area contributed by atoms with Gasteiger partial charge in [-0.15, -0.1) is 0 Å². The zero-order valence-corrected chi connectivity index (χ0v) is 21.4. The predicted molar refractivity (Wildman–Crippen MR) is 147 cm³/mol. The average molecular weight is 541 g/mol. The highest BCUT2D eigenvalue weighted by molar-refractivity contribution is 5.87. The summed E-state index contributed by atoms with van der Waals surface area (Å²) in [4.78, 5) is 26.0. The maximum Gasteiger partial charge on any atom is 0.258 e. The van der Waals surface area contributed by atoms with Crippen LogP contribution in [-0.4, -0.2) is 67.1 Å². The number of carbonyl (C=O) groups excluding carboxylic acids is 1. The first-order valence-electron chi connectivity index (χ1n) is 12.9. The van der Waals surface area contributed by atoms with Gasteiger partial charge in [0.25, 0.3) is 5.91 Å². The molecule has 0 unspecified atom stereocenters. The fourth-order valence-electron chi connectivity index (χ4n) is 4.98. The van der Waals surface area contributed by atoms with Crippen LogP contribution in [0.2, 0.25) is 0 Å². The third-order valence-corrected chi connectivity index (χ3v) is 6.95. The van der Waals surface area contributed by atoms with E-state index in [1.165, 1.54) is 12.7 Å². The fraction of sp³-hybridized carbons (Fsp3) is 0.241. The first-order chi connectivity index (χ1) is 19.6. The topological polar surface area (TPSA) is 144 Å². The second kappa shape index (κ2) is 11.3. The molecule has 0 spiro atoms. The Bertz CT molecular complexity index is 1620. The van der Waals surface area contributed by atoms with Gasteiger partial charge in [0.15, 0.2) is 29.8 Å². The minimum absolute atomic E-state index is 0.251. The Kier molecular flexibility index (Phi) is 7.23. The van der Waals surface area contributed by atoms with Crippen molar-refractivity contribution in [2.75, 3.05) is 18.5 Å². The van der Waals surface area contributed by atoms with Gasteiger partial charge in [-0.25, -0.2) is 15.0 Å². The molecule has 1 amide bonds. The normalized spacial score (nSPS) is 20.6. The van der Waals surface area contributed by atoms with Gasteiger partial charge in [0.2, 0.25) is 0 Å². The molecule has 1 fully saturated rings. The van der Waals surface area contributed by atoms with Crippen LogP contribution in [0.15, 0.2) is 85.5 Å². The quantitative estimate of drug-likeness (QED) is 0.222. The minimum atomic E-state index is -1.17. The van der Waals surface area contributed by atoms with E-state index in [0.717, 1.165) is 16.3 Å². The molecule has 6 rings (SSSR count). The lowest BCUT2D eigenvalue weighted by Crippen LogP contribution is -2.48. The molecule has 3 heterocycles. The van der Waals surface area contributed by atoms with E-state index >= 15 is 0 Å². The van der Waals surface area contributed by atoms with Gasteiger partial charge in [0, 0.05) is 6.54 Å². The van der Waals surface area contributed by atoms with E-state index in [2.05, 4.69) is 49.9 Å². The summed E-state index contributed by atoms with van der Waals surface area (Å²) in [5, 5.41) is 29.1. The molecule has 1 aliphatic heterocycles. The van der Waals surface area contributed by atoms with Crippen LogP contribution >= 0.6 is 0 Å². The number of anilines is 1. The molecule has 2 aromatic heterocycles. The molecule has 0 saturated carbocycles. The van der Waals surface area contributed by atoms with Gasteiger partial charge in [-0.2, -0.15) is 0 Å². The molecular weight excluding hydrogens is 512 g/mol. The van der Waals surface area contributed by atoms with Crippen LogP contribution in [-0.2, 0) is 16.1 Å². The SMILES string of the molecule is O=C(COc1ccccc1)N[C@@H]1[C@H](O)[C@@H](CO)O[C@H]1n1cnc2c(NCc3cccc4ccccc34)ncnc21. The van der Waals surface area contributed by atoms with Gasteiger partial charge in [0.1, 0.15) is 30.3 Å². The zero-order valence-electron chi connectivity index (χ0n) is 21.4. The number of aliphatic hydroxyl groups excluding tert-OH is 2. The van der Waals surface area contributed by atoms with Crippen LogP contribution in [0.3, 0.4) is 0 Å². The second-order valence-electron chi connectivity index (χ2n) is 9.47. The molecule has 11 nitrogen and oxygen atoms in total. The van der Waals surface area contributed by atoms with E-state index in [-0.39, 0.29) is 6.61 Å². The van der Waals surface area contributed by atoms with Crippen molar-refractivity contribution in [3.05, 3.63) is 91.0 Å². The summed E-state index contributed by atoms with van der Waals surface area (Å²) in [6.07, 6.45) is -0.00686. The van der Waals surface area contributed by atoms with Crippen molar-refractivity contribution < 1.29 is 24.5 Å². The van der Waals surface area contributed by atoms with E-state index in [4.69, 9.17) is 9.47 Å². The molecule has 0 radical (unpaired) electrons. The van der Waals surface area contributed by atoms with E-state index in [1.807, 2.05) is 24.3 Å². The molecule has 4 atom stereocenters. The highest BCUT2D eigenvalue weighted by atomic mass is 16.5. The summed E-state index contributed by atoms with van der Waals surface area (Å²) in [7, 11) is 0. The number of hydrogen-bond donors (Lipinski definition) is 4. The molecule has 1 saturated heterocycles. The van der Waals surface area contributed by atoms with Crippen LogP contribution in [0, 0.1) is 0 Å². The molecule has 204 valence electrons. The predicted octanol–water partition coefficient (Wildman–Crippen LogP) is 2.41. The maximum absolute atomic E-state index is 12.7. The molecular formula is C29H28N6O5. The molecule has 0 aliphatic carbocycles. The smallest absolute Gasteiger partial charge is 0.258 e. The number of aromatic nitrogens is 4. The lowest BCUT2D eigenvalue weighted by atomic mass is 10.0. The standard InChI is InChI=1S/C29H28N6O5/c36-14-22-26(38)24(34-23(37)15-39-20-10-2-1-3-11-20)29(40-22)35-17-33-25-27(31-16-32-28(25)35)30-13-19-9-6-8-18-7-4-5-12-21(18)19/h1-12,16-17,22,24,26,29,36,38H,13-15H2,(H,34,37)(H,30,31,32)/t22-,24-,26-,29-/m1/s1. The zero-order chi connectivity index (χ0) is 27.5. The highest BCUT2D eigenvalue weighted by Gasteiger charge is 2.45. The molecule has 5 aromatic rings. The highest BCUT2D eigenvalue weighted by Crippen LogP contribution is 2.32. The third-order valence-electron chi connectivity index (χ3n) is 6.95. The number of hydrogen-bond acceptors (Lipinski definition) is 9. The summed E-state index contributed by atoms with van der Waals surface area (Å²) in [6.45, 7) is -0.158. The number of rotatable bonds is 9. The summed E-state index contributed by atoms with van der Waals surface area (Å²) in [5.41, 5.74) is 2.06. The number of para-hydroxylation sites is 1. The Morgan fingerprint density at radius 1 is 1.00 bits per heavy atom. The Labute approximate surface area is 229 Å². The molecule has 11 heteroatoms. The fourth-order valence-corrected chi connectivity index (χ4v) is 4.98. The number of imidazole rings is 1. The molecule has 0 bridgehead atoms. The van der Waals surface area contributed by atoms with Gasteiger partial charge >= 0.3 is 0 Å². The van der Waals surface area contributed by atoms with E-state index in [0.29, 0.717) is 29.3 Å². The van der Waals surface area contributed by atoms with Gasteiger partial charge in [-0.1, -0.05) is 60.7 Å². The van der Waals surface area contributed by atoms with Crippen LogP contribution in [0.5, 0.6) is 5.75 Å². The Balaban J connectivity index is 1.22. The number of fused-ring (bicyclic) bond motifs is 2. The number of aliphatic hydroxyl groups is 2. The molecule has 40 heavy (non-hydrogen) atoms. The van der Waals surface area contributed by atoms with Crippen LogP contribution < -0.4 is 15.4 Å². The van der Waals surface area contributed by atoms with E-state index < -0.39 is 37.0 Å². The number of benzene rings is 3. The van der Waals surface area contributed by atoms with Gasteiger partial charge in [0.05, 0.1) is 12.9 Å². The van der Waals surface area contributed by atoms with E-state index in [1.54, 1.807) is 28.8 Å². The van der Waals surface area contributed by atoms with Crippen LogP contribution in [0.4, 0.5) is 5.82 Å². The molecule has 1 aliphatic rings. The van der Waals surface area contributed by atoms with Gasteiger partial charge in [-0.05, 0) is 28.5 Å². The van der Waals surface area contributed by atoms with Crippen LogP contribution in [0.25, 0.3) is 21.9 Å². The number of carbonyl (C=O) groups is 1. The number of nitrogens with zero attached hydrogens (tertiary/aromatic N) is 4. The average Bonchev–Trinajstić information content (AvgIpc) is 3.56. The first kappa shape index (κ1) is 25.7. The van der Waals surface area contributed by atoms with Crippen molar-refractivity contribution >= 4 is 33.7 Å². The van der Waals surface area contributed by atoms with Crippen molar-refractivity contribution in [2.45, 2.75) is 31.0 Å². The third kappa shape index (κ3) is 5.05. The maximum atomic E-state index is 12.7. The van der Waals surface area contributed by atoms with Gasteiger partial charge < -0.3 is 30.3 Å². The monoisotopic (exact) mass is 540 g/mol. The Morgan fingerprint density at radius 3 is 2.65 bits per heavy atom. The van der Waals surface area contributed by atoms with Gasteiger partial charge in [-0.3, -0.25) is 9.36 Å². The number of nitrogens with one attached hydrogen (secondary N) is 2. The van der Waals surface area contributed by atoms with Crippen LogP contribution in [0.1, 0.15) is 11.8 Å². The van der Waals surface area contributed by atoms with Crippen molar-refractivity contribution in [3.8, 4) is 5.75 Å². The molecule has 4 N–H and O–H groups in total. The number of ether oxygens (including phenoxy) is 2. The van der Waals surface area contributed by atoms with Crippen molar-refractivity contribution in [2.24, 2.45) is 0 Å². The largest absolute Gasteiger partial charge is 0.484 e. The number of amides is 1.